The predicted molar refractivity (Wildman–Crippen MR) is 74.1 cm³/mol. The molecule has 0 unspecified atom stereocenters. The number of pyridine rings is 1. The van der Waals surface area contributed by atoms with E-state index < -0.39 is 5.56 Å². The first-order valence-corrected chi connectivity index (χ1v) is 6.66. The summed E-state index contributed by atoms with van der Waals surface area (Å²) in [5, 5.41) is 1.81. The topological polar surface area (TPSA) is 56.1 Å². The van der Waals surface area contributed by atoms with Crippen LogP contribution in [0.25, 0.3) is 0 Å². The van der Waals surface area contributed by atoms with Gasteiger partial charge in [-0.1, -0.05) is 6.07 Å². The van der Waals surface area contributed by atoms with Gasteiger partial charge in [-0.3, -0.25) is 14.4 Å². The maximum absolute atomic E-state index is 12.1. The summed E-state index contributed by atoms with van der Waals surface area (Å²) in [6.07, 6.45) is 0. The van der Waals surface area contributed by atoms with Crippen molar-refractivity contribution < 1.29 is 9.59 Å². The molecule has 98 valence electrons. The van der Waals surface area contributed by atoms with Gasteiger partial charge in [0.15, 0.2) is 11.6 Å². The Kier molecular flexibility index (Phi) is 3.76. The third-order valence-electron chi connectivity index (χ3n) is 2.87. The van der Waals surface area contributed by atoms with Gasteiger partial charge in [0, 0.05) is 5.69 Å². The average molecular weight is 275 g/mol. The van der Waals surface area contributed by atoms with Crippen LogP contribution in [-0.4, -0.2) is 16.1 Å². The molecule has 0 saturated heterocycles. The van der Waals surface area contributed by atoms with Gasteiger partial charge in [-0.25, -0.2) is 0 Å². The van der Waals surface area contributed by atoms with Crippen LogP contribution in [0.2, 0.25) is 0 Å². The zero-order valence-electron chi connectivity index (χ0n) is 10.7. The number of Topliss-reactive ketones (excluding diaryl/α,β-unsaturated/α-hetero) is 2. The van der Waals surface area contributed by atoms with Crippen molar-refractivity contribution in [1.29, 1.82) is 0 Å². The fourth-order valence-corrected chi connectivity index (χ4v) is 2.45. The molecule has 4 nitrogen and oxygen atoms in total. The third-order valence-corrected chi connectivity index (χ3v) is 3.78. The van der Waals surface area contributed by atoms with Crippen molar-refractivity contribution in [1.82, 2.24) is 4.57 Å². The number of carbonyl (C=O) groups is 2. The van der Waals surface area contributed by atoms with E-state index >= 15 is 0 Å². The monoisotopic (exact) mass is 275 g/mol. The highest BCUT2D eigenvalue weighted by molar-refractivity contribution is 7.12. The largest absolute Gasteiger partial charge is 0.304 e. The van der Waals surface area contributed by atoms with Gasteiger partial charge in [0.05, 0.1) is 17.0 Å². The van der Waals surface area contributed by atoms with Crippen LogP contribution < -0.4 is 5.56 Å². The molecule has 2 aromatic rings. The number of rotatable bonds is 4. The summed E-state index contributed by atoms with van der Waals surface area (Å²) in [6.45, 7) is 3.05. The molecule has 0 aromatic carbocycles. The van der Waals surface area contributed by atoms with Gasteiger partial charge >= 0.3 is 0 Å². The van der Waals surface area contributed by atoms with Crippen LogP contribution in [0.15, 0.2) is 34.4 Å². The van der Waals surface area contributed by atoms with E-state index in [4.69, 9.17) is 0 Å². The van der Waals surface area contributed by atoms with E-state index in [9.17, 15) is 14.4 Å². The minimum atomic E-state index is -0.405. The maximum atomic E-state index is 12.1. The number of aryl methyl sites for hydroxylation is 1. The van der Waals surface area contributed by atoms with Crippen molar-refractivity contribution in [2.24, 2.45) is 0 Å². The Hall–Kier alpha value is -2.01. The van der Waals surface area contributed by atoms with Crippen molar-refractivity contribution in [2.75, 3.05) is 0 Å². The normalized spacial score (nSPS) is 10.4. The number of aromatic nitrogens is 1. The molecule has 2 aromatic heterocycles. The molecule has 5 heteroatoms. The summed E-state index contributed by atoms with van der Waals surface area (Å²) in [4.78, 5) is 36.1. The van der Waals surface area contributed by atoms with Gasteiger partial charge in [0.1, 0.15) is 0 Å². The number of hydrogen-bond donors (Lipinski definition) is 0. The molecule has 0 fully saturated rings. The Morgan fingerprint density at radius 2 is 2.00 bits per heavy atom. The van der Waals surface area contributed by atoms with Gasteiger partial charge in [-0.05, 0) is 37.4 Å². The summed E-state index contributed by atoms with van der Waals surface area (Å²) in [6, 6.07) is 6.70. The van der Waals surface area contributed by atoms with Crippen molar-refractivity contribution >= 4 is 22.9 Å². The van der Waals surface area contributed by atoms with Crippen LogP contribution in [0.5, 0.6) is 0 Å². The van der Waals surface area contributed by atoms with E-state index in [1.807, 2.05) is 5.38 Å². The Labute approximate surface area is 114 Å². The molecule has 0 aliphatic heterocycles. The highest BCUT2D eigenvalue weighted by atomic mass is 32.1. The fourth-order valence-electron chi connectivity index (χ4n) is 1.79. The quantitative estimate of drug-likeness (QED) is 0.804. The lowest BCUT2D eigenvalue weighted by Gasteiger charge is -2.09. The molecule has 0 N–H and O–H groups in total. The number of thiophene rings is 1. The molecule has 0 bridgehead atoms. The van der Waals surface area contributed by atoms with Crippen LogP contribution in [-0.2, 0) is 6.54 Å². The second-order valence-electron chi connectivity index (χ2n) is 4.24. The molecular weight excluding hydrogens is 262 g/mol. The van der Waals surface area contributed by atoms with E-state index in [1.165, 1.54) is 28.9 Å². The summed E-state index contributed by atoms with van der Waals surface area (Å²) in [5.74, 6) is -0.414. The Morgan fingerprint density at radius 1 is 1.26 bits per heavy atom. The van der Waals surface area contributed by atoms with Crippen molar-refractivity contribution in [3.05, 3.63) is 56.1 Å². The van der Waals surface area contributed by atoms with Crippen LogP contribution in [0, 0.1) is 6.92 Å². The summed E-state index contributed by atoms with van der Waals surface area (Å²) >= 11 is 1.34. The molecule has 0 atom stereocenters. The fraction of sp³-hybridized carbons (Fsp3) is 0.214. The first-order chi connectivity index (χ1) is 9.00. The SMILES string of the molecule is CC(=O)c1ccc(C)n(CC(=O)c2cccs2)c1=O. The number of ketones is 2. The molecule has 0 saturated carbocycles. The van der Waals surface area contributed by atoms with Crippen LogP contribution in [0.3, 0.4) is 0 Å². The molecule has 19 heavy (non-hydrogen) atoms. The van der Waals surface area contributed by atoms with Crippen molar-refractivity contribution in [2.45, 2.75) is 20.4 Å². The van der Waals surface area contributed by atoms with Gasteiger partial charge in [-0.2, -0.15) is 0 Å². The summed E-state index contributed by atoms with van der Waals surface area (Å²) in [5.41, 5.74) is 0.377. The average Bonchev–Trinajstić information content (AvgIpc) is 2.87. The number of hydrogen-bond acceptors (Lipinski definition) is 4. The lowest BCUT2D eigenvalue weighted by molar-refractivity contribution is 0.0967. The Bertz CT molecular complexity index is 683. The van der Waals surface area contributed by atoms with Crippen LogP contribution >= 0.6 is 11.3 Å². The van der Waals surface area contributed by atoms with E-state index in [0.29, 0.717) is 10.6 Å². The van der Waals surface area contributed by atoms with E-state index in [0.717, 1.165) is 0 Å². The van der Waals surface area contributed by atoms with E-state index in [1.54, 1.807) is 25.1 Å². The van der Waals surface area contributed by atoms with E-state index in [2.05, 4.69) is 0 Å². The van der Waals surface area contributed by atoms with Gasteiger partial charge in [0.25, 0.3) is 5.56 Å². The van der Waals surface area contributed by atoms with E-state index in [-0.39, 0.29) is 23.7 Å². The predicted octanol–water partition coefficient (Wildman–Crippen LogP) is 2.30. The van der Waals surface area contributed by atoms with Gasteiger partial charge in [-0.15, -0.1) is 11.3 Å². The molecular formula is C14H13NO3S. The standard InChI is InChI=1S/C14H13NO3S/c1-9-5-6-11(10(2)16)14(18)15(9)8-12(17)13-4-3-7-19-13/h3-7H,8H2,1-2H3. The van der Waals surface area contributed by atoms with Crippen LogP contribution in [0.1, 0.15) is 32.6 Å². The molecule has 0 radical (unpaired) electrons. The second-order valence-corrected chi connectivity index (χ2v) is 5.18. The maximum Gasteiger partial charge on any atom is 0.262 e. The molecule has 0 aliphatic rings. The summed E-state index contributed by atoms with van der Waals surface area (Å²) < 4.78 is 1.35. The van der Waals surface area contributed by atoms with Crippen molar-refractivity contribution in [3.63, 3.8) is 0 Å². The van der Waals surface area contributed by atoms with Gasteiger partial charge in [0.2, 0.25) is 0 Å². The second kappa shape index (κ2) is 5.32. The molecule has 0 spiro atoms. The van der Waals surface area contributed by atoms with Gasteiger partial charge < -0.3 is 4.57 Å². The molecule has 0 amide bonds. The smallest absolute Gasteiger partial charge is 0.262 e. The number of carbonyl (C=O) groups excluding carboxylic acids is 2. The minimum absolute atomic E-state index is 0.0354. The van der Waals surface area contributed by atoms with Crippen LogP contribution in [0.4, 0.5) is 0 Å². The zero-order chi connectivity index (χ0) is 14.0. The summed E-state index contributed by atoms with van der Waals surface area (Å²) in [7, 11) is 0. The lowest BCUT2D eigenvalue weighted by atomic mass is 10.2. The molecule has 2 heterocycles. The minimum Gasteiger partial charge on any atom is -0.304 e. The first kappa shape index (κ1) is 13.4. The first-order valence-electron chi connectivity index (χ1n) is 5.79. The Balaban J connectivity index is 2.40. The molecule has 0 aliphatic carbocycles. The zero-order valence-corrected chi connectivity index (χ0v) is 11.5. The third kappa shape index (κ3) is 2.71. The van der Waals surface area contributed by atoms with Crippen molar-refractivity contribution in [3.8, 4) is 0 Å². The number of nitrogens with zero attached hydrogens (tertiary/aromatic N) is 1. The molecule has 2 rings (SSSR count). The highest BCUT2D eigenvalue weighted by Crippen LogP contribution is 2.11. The highest BCUT2D eigenvalue weighted by Gasteiger charge is 2.14. The lowest BCUT2D eigenvalue weighted by Crippen LogP contribution is -2.29. The Morgan fingerprint density at radius 3 is 2.58 bits per heavy atom.